The van der Waals surface area contributed by atoms with E-state index >= 15 is 0 Å². The minimum atomic E-state index is -1.05. The smallest absolute Gasteiger partial charge is 0.335 e. The van der Waals surface area contributed by atoms with E-state index in [-0.39, 0.29) is 5.56 Å². The van der Waals surface area contributed by atoms with Gasteiger partial charge in [-0.3, -0.25) is 0 Å². The molecule has 2 amide bonds. The zero-order chi connectivity index (χ0) is 14.3. The summed E-state index contributed by atoms with van der Waals surface area (Å²) in [7, 11) is 0. The highest BCUT2D eigenvalue weighted by Crippen LogP contribution is 2.23. The number of carbonyl (C=O) groups is 2. The first-order valence-corrected chi connectivity index (χ1v) is 6.35. The van der Waals surface area contributed by atoms with Gasteiger partial charge >= 0.3 is 12.0 Å². The second-order valence-corrected chi connectivity index (χ2v) is 4.54. The van der Waals surface area contributed by atoms with Crippen molar-refractivity contribution in [3.63, 3.8) is 0 Å². The molecule has 0 spiro atoms. The van der Waals surface area contributed by atoms with E-state index in [2.05, 4.69) is 32.5 Å². The topological polar surface area (TPSA) is 78.4 Å². The molecule has 0 bridgehead atoms. The predicted octanol–water partition coefficient (Wildman–Crippen LogP) is 2.68. The number of benzene rings is 1. The SMILES string of the molecule is C#CCCCNC(=O)Nc1cc(C(=O)O)ccc1Br. The van der Waals surface area contributed by atoms with E-state index in [9.17, 15) is 9.59 Å². The molecule has 100 valence electrons. The molecule has 0 aliphatic rings. The van der Waals surface area contributed by atoms with Crippen LogP contribution >= 0.6 is 15.9 Å². The maximum absolute atomic E-state index is 11.6. The van der Waals surface area contributed by atoms with Gasteiger partial charge in [-0.15, -0.1) is 12.3 Å². The molecule has 1 aromatic carbocycles. The van der Waals surface area contributed by atoms with Crippen LogP contribution in [-0.4, -0.2) is 23.7 Å². The van der Waals surface area contributed by atoms with Crippen LogP contribution in [-0.2, 0) is 0 Å². The monoisotopic (exact) mass is 324 g/mol. The van der Waals surface area contributed by atoms with Gasteiger partial charge in [0, 0.05) is 17.4 Å². The lowest BCUT2D eigenvalue weighted by molar-refractivity contribution is 0.0697. The van der Waals surface area contributed by atoms with E-state index in [0.717, 1.165) is 0 Å². The highest BCUT2D eigenvalue weighted by Gasteiger charge is 2.09. The molecule has 6 heteroatoms. The highest BCUT2D eigenvalue weighted by molar-refractivity contribution is 9.10. The van der Waals surface area contributed by atoms with Crippen LogP contribution < -0.4 is 10.6 Å². The Morgan fingerprint density at radius 3 is 2.79 bits per heavy atom. The molecule has 1 aromatic rings. The number of unbranched alkanes of at least 4 members (excludes halogenated alkanes) is 1. The first kappa shape index (κ1) is 15.1. The zero-order valence-electron chi connectivity index (χ0n) is 10.1. The highest BCUT2D eigenvalue weighted by atomic mass is 79.9. The van der Waals surface area contributed by atoms with Gasteiger partial charge in [0.15, 0.2) is 0 Å². The third kappa shape index (κ3) is 5.02. The van der Waals surface area contributed by atoms with Crippen molar-refractivity contribution in [1.29, 1.82) is 0 Å². The van der Waals surface area contributed by atoms with Crippen LogP contribution in [0.2, 0.25) is 0 Å². The number of carboxylic acids is 1. The summed E-state index contributed by atoms with van der Waals surface area (Å²) in [5.41, 5.74) is 0.500. The molecular weight excluding hydrogens is 312 g/mol. The number of rotatable bonds is 5. The first-order valence-electron chi connectivity index (χ1n) is 5.55. The van der Waals surface area contributed by atoms with E-state index < -0.39 is 12.0 Å². The number of urea groups is 1. The lowest BCUT2D eigenvalue weighted by atomic mass is 10.2. The normalized spacial score (nSPS) is 9.47. The van der Waals surface area contributed by atoms with E-state index in [0.29, 0.717) is 29.5 Å². The van der Waals surface area contributed by atoms with Crippen LogP contribution in [0, 0.1) is 12.3 Å². The summed E-state index contributed by atoms with van der Waals surface area (Å²) in [6.07, 6.45) is 6.38. The summed E-state index contributed by atoms with van der Waals surface area (Å²) < 4.78 is 0.608. The quantitative estimate of drug-likeness (QED) is 0.575. The number of carbonyl (C=O) groups excluding carboxylic acids is 1. The second kappa shape index (κ2) is 7.44. The Morgan fingerprint density at radius 2 is 2.16 bits per heavy atom. The maximum atomic E-state index is 11.6. The minimum Gasteiger partial charge on any atom is -0.478 e. The van der Waals surface area contributed by atoms with Crippen molar-refractivity contribution in [1.82, 2.24) is 5.32 Å². The number of carboxylic acid groups (broad SMARTS) is 1. The number of hydrogen-bond acceptors (Lipinski definition) is 2. The van der Waals surface area contributed by atoms with Crippen LogP contribution in [0.1, 0.15) is 23.2 Å². The van der Waals surface area contributed by atoms with Crippen LogP contribution in [0.15, 0.2) is 22.7 Å². The fourth-order valence-corrected chi connectivity index (χ4v) is 1.66. The Morgan fingerprint density at radius 1 is 1.42 bits per heavy atom. The van der Waals surface area contributed by atoms with Gasteiger partial charge in [0.25, 0.3) is 0 Å². The Balaban J connectivity index is 2.61. The molecule has 3 N–H and O–H groups in total. The lowest BCUT2D eigenvalue weighted by Crippen LogP contribution is -2.29. The van der Waals surface area contributed by atoms with Gasteiger partial charge in [-0.1, -0.05) is 0 Å². The van der Waals surface area contributed by atoms with Crippen molar-refractivity contribution >= 4 is 33.6 Å². The van der Waals surface area contributed by atoms with Crippen LogP contribution in [0.5, 0.6) is 0 Å². The summed E-state index contributed by atoms with van der Waals surface area (Å²) in [6.45, 7) is 0.465. The fourth-order valence-electron chi connectivity index (χ4n) is 1.31. The molecule has 0 saturated carbocycles. The van der Waals surface area contributed by atoms with Gasteiger partial charge in [-0.05, 0) is 40.5 Å². The lowest BCUT2D eigenvalue weighted by Gasteiger charge is -2.09. The zero-order valence-corrected chi connectivity index (χ0v) is 11.7. The number of hydrogen-bond donors (Lipinski definition) is 3. The standard InChI is InChI=1S/C13H13BrN2O3/c1-2-3-4-7-15-13(19)16-11-8-9(12(17)18)5-6-10(11)14/h1,5-6,8H,3-4,7H2,(H,17,18)(H2,15,16,19). The molecule has 0 aromatic heterocycles. The largest absolute Gasteiger partial charge is 0.478 e. The molecule has 0 fully saturated rings. The molecule has 0 aliphatic carbocycles. The van der Waals surface area contributed by atoms with Gasteiger partial charge in [-0.2, -0.15) is 0 Å². The minimum absolute atomic E-state index is 0.103. The molecule has 0 aliphatic heterocycles. The summed E-state index contributed by atoms with van der Waals surface area (Å²) >= 11 is 3.24. The van der Waals surface area contributed by atoms with Crippen molar-refractivity contribution in [3.8, 4) is 12.3 Å². The van der Waals surface area contributed by atoms with Crippen molar-refractivity contribution in [3.05, 3.63) is 28.2 Å². The van der Waals surface area contributed by atoms with Crippen LogP contribution in [0.4, 0.5) is 10.5 Å². The number of anilines is 1. The molecule has 19 heavy (non-hydrogen) atoms. The van der Waals surface area contributed by atoms with Crippen molar-refractivity contribution in [2.75, 3.05) is 11.9 Å². The molecule has 0 atom stereocenters. The Hall–Kier alpha value is -2.00. The molecule has 1 rings (SSSR count). The van der Waals surface area contributed by atoms with Gasteiger partial charge in [0.05, 0.1) is 11.3 Å². The Kier molecular flexibility index (Phi) is 5.90. The summed E-state index contributed by atoms with van der Waals surface area (Å²) in [6, 6.07) is 3.99. The average molecular weight is 325 g/mol. The Labute approximate surface area is 119 Å². The van der Waals surface area contributed by atoms with Gasteiger partial charge in [-0.25, -0.2) is 9.59 Å². The maximum Gasteiger partial charge on any atom is 0.335 e. The van der Waals surface area contributed by atoms with Crippen molar-refractivity contribution in [2.45, 2.75) is 12.8 Å². The number of terminal acetylenes is 1. The van der Waals surface area contributed by atoms with Crippen molar-refractivity contribution < 1.29 is 14.7 Å². The van der Waals surface area contributed by atoms with Gasteiger partial charge < -0.3 is 15.7 Å². The number of halogens is 1. The summed E-state index contributed by atoms with van der Waals surface area (Å²) in [5, 5.41) is 14.1. The number of nitrogens with one attached hydrogen (secondary N) is 2. The van der Waals surface area contributed by atoms with Gasteiger partial charge in [0.2, 0.25) is 0 Å². The third-order valence-corrected chi connectivity index (χ3v) is 2.94. The fraction of sp³-hybridized carbons (Fsp3) is 0.231. The average Bonchev–Trinajstić information content (AvgIpc) is 2.37. The van der Waals surface area contributed by atoms with E-state index in [4.69, 9.17) is 11.5 Å². The van der Waals surface area contributed by atoms with Crippen LogP contribution in [0.25, 0.3) is 0 Å². The third-order valence-electron chi connectivity index (χ3n) is 2.24. The number of aromatic carboxylic acids is 1. The summed E-state index contributed by atoms with van der Waals surface area (Å²) in [5.74, 6) is 1.42. The van der Waals surface area contributed by atoms with E-state index in [1.54, 1.807) is 6.07 Å². The van der Waals surface area contributed by atoms with E-state index in [1.165, 1.54) is 12.1 Å². The summed E-state index contributed by atoms with van der Waals surface area (Å²) in [4.78, 5) is 22.4. The Bertz CT molecular complexity index is 523. The predicted molar refractivity (Wildman–Crippen MR) is 76.2 cm³/mol. The molecule has 0 radical (unpaired) electrons. The first-order chi connectivity index (χ1) is 9.04. The molecular formula is C13H13BrN2O3. The van der Waals surface area contributed by atoms with Crippen LogP contribution in [0.3, 0.4) is 0 Å². The van der Waals surface area contributed by atoms with E-state index in [1.807, 2.05) is 0 Å². The van der Waals surface area contributed by atoms with Gasteiger partial charge in [0.1, 0.15) is 0 Å². The number of amides is 2. The van der Waals surface area contributed by atoms with Crippen molar-refractivity contribution in [2.24, 2.45) is 0 Å². The molecule has 0 heterocycles. The molecule has 0 saturated heterocycles. The second-order valence-electron chi connectivity index (χ2n) is 3.69. The molecule has 5 nitrogen and oxygen atoms in total. The molecule has 0 unspecified atom stereocenters.